The van der Waals surface area contributed by atoms with Crippen molar-refractivity contribution in [3.05, 3.63) is 53.6 Å². The Labute approximate surface area is 142 Å². The average Bonchev–Trinajstić information content (AvgIpc) is 3.02. The van der Waals surface area contributed by atoms with Crippen LogP contribution in [0.25, 0.3) is 0 Å². The Morgan fingerprint density at radius 3 is 2.75 bits per heavy atom. The van der Waals surface area contributed by atoms with Gasteiger partial charge in [-0.25, -0.2) is 0 Å². The smallest absolute Gasteiger partial charge is 0.231 e. The number of carbonyl (C=O) groups is 1. The number of ether oxygens (including phenoxy) is 2. The molecule has 0 radical (unpaired) electrons. The number of amides is 1. The molecule has 2 aromatic rings. The number of rotatable bonds is 6. The van der Waals surface area contributed by atoms with Gasteiger partial charge >= 0.3 is 0 Å². The second-order valence-electron chi connectivity index (χ2n) is 6.13. The molecule has 0 bridgehead atoms. The molecule has 0 saturated carbocycles. The number of hydrogen-bond acceptors (Lipinski definition) is 4. The molecule has 0 aliphatic carbocycles. The Bertz CT molecular complexity index is 728. The largest absolute Gasteiger partial charge is 0.454 e. The number of anilines is 1. The lowest BCUT2D eigenvalue weighted by Crippen LogP contribution is -2.16. The van der Waals surface area contributed by atoms with Gasteiger partial charge in [-0.2, -0.15) is 0 Å². The average molecular weight is 326 g/mol. The minimum Gasteiger partial charge on any atom is -0.454 e. The summed E-state index contributed by atoms with van der Waals surface area (Å²) in [6, 6.07) is 13.7. The third kappa shape index (κ3) is 4.06. The Hall–Kier alpha value is -2.53. The first kappa shape index (κ1) is 16.3. The van der Waals surface area contributed by atoms with Crippen LogP contribution in [-0.4, -0.2) is 31.7 Å². The molecular weight excluding hydrogens is 304 g/mol. The molecule has 126 valence electrons. The van der Waals surface area contributed by atoms with Crippen molar-refractivity contribution in [2.45, 2.75) is 19.4 Å². The minimum absolute atomic E-state index is 0.0128. The number of carbonyl (C=O) groups excluding carboxylic acids is 1. The molecule has 1 aliphatic rings. The zero-order valence-electron chi connectivity index (χ0n) is 14.0. The Morgan fingerprint density at radius 2 is 1.92 bits per heavy atom. The van der Waals surface area contributed by atoms with Crippen molar-refractivity contribution in [1.82, 2.24) is 4.90 Å². The van der Waals surface area contributed by atoms with Crippen molar-refractivity contribution in [2.75, 3.05) is 26.2 Å². The van der Waals surface area contributed by atoms with Gasteiger partial charge in [0.1, 0.15) is 0 Å². The van der Waals surface area contributed by atoms with Gasteiger partial charge in [0.15, 0.2) is 11.5 Å². The number of benzene rings is 2. The molecule has 0 fully saturated rings. The van der Waals surface area contributed by atoms with Crippen molar-refractivity contribution >= 4 is 11.6 Å². The molecule has 0 saturated heterocycles. The molecule has 1 amide bonds. The highest BCUT2D eigenvalue weighted by atomic mass is 16.7. The van der Waals surface area contributed by atoms with Crippen molar-refractivity contribution in [3.63, 3.8) is 0 Å². The maximum atomic E-state index is 12.3. The van der Waals surface area contributed by atoms with Crippen LogP contribution < -0.4 is 14.8 Å². The first-order valence-electron chi connectivity index (χ1n) is 8.03. The molecule has 24 heavy (non-hydrogen) atoms. The fraction of sp³-hybridized carbons (Fsp3) is 0.316. The lowest BCUT2D eigenvalue weighted by Gasteiger charge is -2.15. The van der Waals surface area contributed by atoms with Crippen LogP contribution in [0.15, 0.2) is 42.5 Å². The standard InChI is InChI=1S/C19H22N2O3/c1-21(2)12-15-5-3-4-6-16(15)20-19(22)10-8-14-7-9-17-18(11-14)24-13-23-17/h3-7,9,11H,8,10,12-13H2,1-2H3,(H,20,22). The van der Waals surface area contributed by atoms with E-state index < -0.39 is 0 Å². The third-order valence-corrected chi connectivity index (χ3v) is 3.86. The molecule has 2 aromatic carbocycles. The summed E-state index contributed by atoms with van der Waals surface area (Å²) in [5, 5.41) is 3.02. The topological polar surface area (TPSA) is 50.8 Å². The highest BCUT2D eigenvalue weighted by Crippen LogP contribution is 2.32. The van der Waals surface area contributed by atoms with Gasteiger partial charge in [0, 0.05) is 18.7 Å². The van der Waals surface area contributed by atoms with Gasteiger partial charge in [-0.15, -0.1) is 0 Å². The molecule has 0 atom stereocenters. The molecule has 0 spiro atoms. The van der Waals surface area contributed by atoms with Crippen LogP contribution in [0, 0.1) is 0 Å². The summed E-state index contributed by atoms with van der Waals surface area (Å²) >= 11 is 0. The third-order valence-electron chi connectivity index (χ3n) is 3.86. The van der Waals surface area contributed by atoms with E-state index >= 15 is 0 Å². The van der Waals surface area contributed by atoms with Gasteiger partial charge in [-0.1, -0.05) is 24.3 Å². The van der Waals surface area contributed by atoms with E-state index in [0.29, 0.717) is 12.8 Å². The van der Waals surface area contributed by atoms with E-state index in [-0.39, 0.29) is 12.7 Å². The normalized spacial score (nSPS) is 12.5. The second-order valence-corrected chi connectivity index (χ2v) is 6.13. The predicted octanol–water partition coefficient (Wildman–Crippen LogP) is 3.05. The van der Waals surface area contributed by atoms with Gasteiger partial charge in [-0.3, -0.25) is 4.79 Å². The lowest BCUT2D eigenvalue weighted by atomic mass is 10.1. The summed E-state index contributed by atoms with van der Waals surface area (Å²) in [6.45, 7) is 1.06. The molecule has 0 aromatic heterocycles. The monoisotopic (exact) mass is 326 g/mol. The van der Waals surface area contributed by atoms with E-state index in [9.17, 15) is 4.79 Å². The number of para-hydroxylation sites is 1. The fourth-order valence-electron chi connectivity index (χ4n) is 2.69. The second kappa shape index (κ2) is 7.36. The van der Waals surface area contributed by atoms with Crippen LogP contribution in [0.2, 0.25) is 0 Å². The lowest BCUT2D eigenvalue weighted by molar-refractivity contribution is -0.116. The van der Waals surface area contributed by atoms with E-state index in [1.165, 1.54) is 0 Å². The van der Waals surface area contributed by atoms with Gasteiger partial charge in [0.25, 0.3) is 0 Å². The first-order valence-corrected chi connectivity index (χ1v) is 8.03. The molecule has 1 N–H and O–H groups in total. The van der Waals surface area contributed by atoms with Crippen molar-refractivity contribution in [3.8, 4) is 11.5 Å². The van der Waals surface area contributed by atoms with Crippen LogP contribution in [-0.2, 0) is 17.8 Å². The quantitative estimate of drug-likeness (QED) is 0.886. The molecule has 0 unspecified atom stereocenters. The summed E-state index contributed by atoms with van der Waals surface area (Å²) in [7, 11) is 4.02. The molecule has 5 nitrogen and oxygen atoms in total. The maximum absolute atomic E-state index is 12.3. The van der Waals surface area contributed by atoms with Crippen molar-refractivity contribution in [2.24, 2.45) is 0 Å². The number of hydrogen-bond donors (Lipinski definition) is 1. The molecule has 1 heterocycles. The fourth-order valence-corrected chi connectivity index (χ4v) is 2.69. The maximum Gasteiger partial charge on any atom is 0.231 e. The number of nitrogens with zero attached hydrogens (tertiary/aromatic N) is 1. The Morgan fingerprint density at radius 1 is 1.12 bits per heavy atom. The van der Waals surface area contributed by atoms with E-state index in [0.717, 1.165) is 34.9 Å². The number of nitrogens with one attached hydrogen (secondary N) is 1. The Balaban J connectivity index is 1.58. The summed E-state index contributed by atoms with van der Waals surface area (Å²) in [5.74, 6) is 1.53. The van der Waals surface area contributed by atoms with Crippen LogP contribution in [0.4, 0.5) is 5.69 Å². The molecule has 5 heteroatoms. The van der Waals surface area contributed by atoms with Gasteiger partial charge in [0.05, 0.1) is 0 Å². The SMILES string of the molecule is CN(C)Cc1ccccc1NC(=O)CCc1ccc2c(c1)OCO2. The zero-order chi connectivity index (χ0) is 16.9. The van der Waals surface area contributed by atoms with Crippen LogP contribution >= 0.6 is 0 Å². The first-order chi connectivity index (χ1) is 11.6. The van der Waals surface area contributed by atoms with E-state index in [4.69, 9.17) is 9.47 Å². The minimum atomic E-state index is 0.0128. The van der Waals surface area contributed by atoms with Crippen LogP contribution in [0.1, 0.15) is 17.5 Å². The zero-order valence-corrected chi connectivity index (χ0v) is 14.0. The van der Waals surface area contributed by atoms with Gasteiger partial charge in [0.2, 0.25) is 12.7 Å². The highest BCUT2D eigenvalue weighted by molar-refractivity contribution is 5.91. The predicted molar refractivity (Wildman–Crippen MR) is 93.3 cm³/mol. The van der Waals surface area contributed by atoms with Crippen LogP contribution in [0.3, 0.4) is 0 Å². The van der Waals surface area contributed by atoms with E-state index in [2.05, 4.69) is 10.2 Å². The molecule has 1 aliphatic heterocycles. The van der Waals surface area contributed by atoms with Crippen molar-refractivity contribution in [1.29, 1.82) is 0 Å². The van der Waals surface area contributed by atoms with E-state index in [1.54, 1.807) is 0 Å². The summed E-state index contributed by atoms with van der Waals surface area (Å²) in [5.41, 5.74) is 3.05. The highest BCUT2D eigenvalue weighted by Gasteiger charge is 2.14. The van der Waals surface area contributed by atoms with Crippen molar-refractivity contribution < 1.29 is 14.3 Å². The number of fused-ring (bicyclic) bond motifs is 1. The summed E-state index contributed by atoms with van der Waals surface area (Å²) < 4.78 is 10.7. The number of aryl methyl sites for hydroxylation is 1. The summed E-state index contributed by atoms with van der Waals surface area (Å²) in [6.07, 6.45) is 1.09. The molecular formula is C19H22N2O3. The Kier molecular flexibility index (Phi) is 5.01. The van der Waals surface area contributed by atoms with E-state index in [1.807, 2.05) is 56.6 Å². The van der Waals surface area contributed by atoms with Crippen LogP contribution in [0.5, 0.6) is 11.5 Å². The van der Waals surface area contributed by atoms with Gasteiger partial charge < -0.3 is 19.7 Å². The summed E-state index contributed by atoms with van der Waals surface area (Å²) in [4.78, 5) is 14.4. The molecule has 3 rings (SSSR count). The van der Waals surface area contributed by atoms with Gasteiger partial charge in [-0.05, 0) is 49.8 Å².